The van der Waals surface area contributed by atoms with Gasteiger partial charge in [0.15, 0.2) is 0 Å². The first-order chi connectivity index (χ1) is 8.18. The van der Waals surface area contributed by atoms with Crippen LogP contribution in [0.1, 0.15) is 53.4 Å². The fourth-order valence-electron chi connectivity index (χ4n) is 4.18. The largest absolute Gasteiger partial charge is 0.389 e. The summed E-state index contributed by atoms with van der Waals surface area (Å²) in [5.41, 5.74) is 0.335. The molecule has 5 atom stereocenters. The van der Waals surface area contributed by atoms with Crippen LogP contribution in [0, 0.1) is 23.2 Å². The SMILES string of the molecule is C=C1CC[C@]2(O)[C@H]([C@H](C(C)(C)C)CC[C@H]2C)[C@H]1O. The lowest BCUT2D eigenvalue weighted by atomic mass is 9.52. The summed E-state index contributed by atoms with van der Waals surface area (Å²) in [7, 11) is 0. The van der Waals surface area contributed by atoms with E-state index in [-0.39, 0.29) is 17.3 Å². The highest BCUT2D eigenvalue weighted by Gasteiger charge is 2.56. The molecule has 2 fully saturated rings. The molecule has 0 aromatic carbocycles. The molecule has 2 heteroatoms. The highest BCUT2D eigenvalue weighted by atomic mass is 16.3. The minimum atomic E-state index is -0.698. The maximum absolute atomic E-state index is 11.1. The van der Waals surface area contributed by atoms with Crippen molar-refractivity contribution in [1.82, 2.24) is 0 Å². The maximum Gasteiger partial charge on any atom is 0.0806 e. The molecule has 0 unspecified atom stereocenters. The van der Waals surface area contributed by atoms with Crippen molar-refractivity contribution in [3.8, 4) is 0 Å². The summed E-state index contributed by atoms with van der Waals surface area (Å²) in [6.07, 6.45) is 3.16. The van der Waals surface area contributed by atoms with Gasteiger partial charge in [0, 0.05) is 5.92 Å². The normalized spacial score (nSPS) is 45.8. The van der Waals surface area contributed by atoms with Crippen molar-refractivity contribution in [2.24, 2.45) is 23.2 Å². The molecule has 2 rings (SSSR count). The second kappa shape index (κ2) is 4.35. The van der Waals surface area contributed by atoms with E-state index >= 15 is 0 Å². The summed E-state index contributed by atoms with van der Waals surface area (Å²) in [6.45, 7) is 12.8. The highest BCUT2D eigenvalue weighted by molar-refractivity contribution is 5.18. The Morgan fingerprint density at radius 2 is 1.89 bits per heavy atom. The zero-order chi connectivity index (χ0) is 13.7. The van der Waals surface area contributed by atoms with Gasteiger partial charge in [0.25, 0.3) is 0 Å². The molecule has 0 aromatic rings. The third-order valence-corrected chi connectivity index (χ3v) is 5.49. The number of fused-ring (bicyclic) bond motifs is 1. The van der Waals surface area contributed by atoms with E-state index < -0.39 is 11.7 Å². The van der Waals surface area contributed by atoms with E-state index in [1.807, 2.05) is 0 Å². The Morgan fingerprint density at radius 3 is 2.44 bits per heavy atom. The number of hydrogen-bond acceptors (Lipinski definition) is 2. The van der Waals surface area contributed by atoms with E-state index in [9.17, 15) is 10.2 Å². The van der Waals surface area contributed by atoms with Gasteiger partial charge in [0.1, 0.15) is 0 Å². The summed E-state index contributed by atoms with van der Waals surface area (Å²) in [5, 5.41) is 21.6. The van der Waals surface area contributed by atoms with Crippen LogP contribution < -0.4 is 0 Å². The lowest BCUT2D eigenvalue weighted by Crippen LogP contribution is -2.60. The standard InChI is InChI=1S/C16H28O2/c1-10-8-9-16(18)11(2)6-7-12(15(3,4)5)13(16)14(10)17/h11-14,17-18H,1,6-9H2,2-5H3/t11-,12-,13-,14+,16-/m1/s1. The molecule has 0 spiro atoms. The number of rotatable bonds is 0. The molecular formula is C16H28O2. The second-order valence-electron chi connectivity index (χ2n) is 7.57. The van der Waals surface area contributed by atoms with Crippen molar-refractivity contribution in [2.75, 3.05) is 0 Å². The lowest BCUT2D eigenvalue weighted by Gasteiger charge is -2.56. The average molecular weight is 252 g/mol. The van der Waals surface area contributed by atoms with Gasteiger partial charge >= 0.3 is 0 Å². The first-order valence-electron chi connectivity index (χ1n) is 7.26. The van der Waals surface area contributed by atoms with Crippen molar-refractivity contribution in [2.45, 2.75) is 65.1 Å². The first-order valence-corrected chi connectivity index (χ1v) is 7.26. The van der Waals surface area contributed by atoms with Crippen LogP contribution in [0.15, 0.2) is 12.2 Å². The van der Waals surface area contributed by atoms with Gasteiger partial charge in [-0.2, -0.15) is 0 Å². The molecule has 0 aromatic heterocycles. The molecule has 0 saturated heterocycles. The molecule has 18 heavy (non-hydrogen) atoms. The lowest BCUT2D eigenvalue weighted by molar-refractivity contribution is -0.177. The average Bonchev–Trinajstić information content (AvgIpc) is 2.25. The maximum atomic E-state index is 11.1. The van der Waals surface area contributed by atoms with Gasteiger partial charge in [-0.05, 0) is 48.5 Å². The third-order valence-electron chi connectivity index (χ3n) is 5.49. The summed E-state index contributed by atoms with van der Waals surface area (Å²) in [5.74, 6) is 0.608. The van der Waals surface area contributed by atoms with E-state index in [2.05, 4.69) is 34.3 Å². The van der Waals surface area contributed by atoms with Crippen LogP contribution in [0.25, 0.3) is 0 Å². The second-order valence-corrected chi connectivity index (χ2v) is 7.57. The van der Waals surface area contributed by atoms with Gasteiger partial charge in [-0.1, -0.05) is 34.3 Å². The van der Waals surface area contributed by atoms with Crippen molar-refractivity contribution in [3.63, 3.8) is 0 Å². The molecule has 2 saturated carbocycles. The molecule has 0 heterocycles. The predicted octanol–water partition coefficient (Wildman–Crippen LogP) is 3.14. The van der Waals surface area contributed by atoms with Gasteiger partial charge in [0.05, 0.1) is 11.7 Å². The first kappa shape index (κ1) is 14.1. The van der Waals surface area contributed by atoms with Crippen molar-refractivity contribution >= 4 is 0 Å². The van der Waals surface area contributed by atoms with Crippen molar-refractivity contribution in [1.29, 1.82) is 0 Å². The Bertz CT molecular complexity index is 341. The van der Waals surface area contributed by atoms with Gasteiger partial charge in [-0.25, -0.2) is 0 Å². The van der Waals surface area contributed by atoms with Crippen LogP contribution in [0.4, 0.5) is 0 Å². The number of aliphatic hydroxyl groups excluding tert-OH is 1. The van der Waals surface area contributed by atoms with Gasteiger partial charge < -0.3 is 10.2 Å². The van der Waals surface area contributed by atoms with E-state index in [4.69, 9.17) is 0 Å². The smallest absolute Gasteiger partial charge is 0.0806 e. The Morgan fingerprint density at radius 1 is 1.28 bits per heavy atom. The fraction of sp³-hybridized carbons (Fsp3) is 0.875. The summed E-state index contributed by atoms with van der Waals surface area (Å²) in [6, 6.07) is 0. The minimum Gasteiger partial charge on any atom is -0.389 e. The van der Waals surface area contributed by atoms with Crippen molar-refractivity contribution in [3.05, 3.63) is 12.2 Å². The van der Waals surface area contributed by atoms with Crippen LogP contribution in [-0.4, -0.2) is 21.9 Å². The van der Waals surface area contributed by atoms with E-state index in [0.717, 1.165) is 31.3 Å². The minimum absolute atomic E-state index is 0.0394. The predicted molar refractivity (Wildman–Crippen MR) is 74.2 cm³/mol. The molecule has 2 aliphatic rings. The number of hydrogen-bond donors (Lipinski definition) is 2. The van der Waals surface area contributed by atoms with Gasteiger partial charge in [-0.3, -0.25) is 0 Å². The third kappa shape index (κ3) is 2.04. The van der Waals surface area contributed by atoms with Crippen LogP contribution in [-0.2, 0) is 0 Å². The summed E-state index contributed by atoms with van der Waals surface area (Å²) >= 11 is 0. The quantitative estimate of drug-likeness (QED) is 0.650. The molecule has 0 aliphatic heterocycles. The zero-order valence-corrected chi connectivity index (χ0v) is 12.2. The number of aliphatic hydroxyl groups is 2. The van der Waals surface area contributed by atoms with Crippen LogP contribution >= 0.6 is 0 Å². The molecule has 104 valence electrons. The van der Waals surface area contributed by atoms with Gasteiger partial charge in [-0.15, -0.1) is 0 Å². The van der Waals surface area contributed by atoms with Crippen LogP contribution in [0.2, 0.25) is 0 Å². The van der Waals surface area contributed by atoms with E-state index in [1.54, 1.807) is 0 Å². The van der Waals surface area contributed by atoms with Crippen LogP contribution in [0.3, 0.4) is 0 Å². The molecule has 2 nitrogen and oxygen atoms in total. The highest BCUT2D eigenvalue weighted by Crippen LogP contribution is 2.55. The van der Waals surface area contributed by atoms with E-state index in [0.29, 0.717) is 5.92 Å². The molecule has 0 radical (unpaired) electrons. The molecule has 2 aliphatic carbocycles. The molecule has 0 bridgehead atoms. The molecule has 0 amide bonds. The molecule has 2 N–H and O–H groups in total. The topological polar surface area (TPSA) is 40.5 Å². The molecular weight excluding hydrogens is 224 g/mol. The Balaban J connectivity index is 2.40. The summed E-state index contributed by atoms with van der Waals surface area (Å²) in [4.78, 5) is 0. The Labute approximate surface area is 111 Å². The zero-order valence-electron chi connectivity index (χ0n) is 12.2. The fourth-order valence-corrected chi connectivity index (χ4v) is 4.18. The van der Waals surface area contributed by atoms with Crippen LogP contribution in [0.5, 0.6) is 0 Å². The van der Waals surface area contributed by atoms with Crippen molar-refractivity contribution < 1.29 is 10.2 Å². The summed E-state index contributed by atoms with van der Waals surface area (Å²) < 4.78 is 0. The monoisotopic (exact) mass is 252 g/mol. The Kier molecular flexibility index (Phi) is 3.40. The van der Waals surface area contributed by atoms with E-state index in [1.165, 1.54) is 0 Å². The Hall–Kier alpha value is -0.340. The van der Waals surface area contributed by atoms with Gasteiger partial charge in [0.2, 0.25) is 0 Å².